The number of nitrogen functional groups attached to an aromatic ring is 1. The smallest absolute Gasteiger partial charge is 0.335 e. The van der Waals surface area contributed by atoms with Crippen LogP contribution in [0.3, 0.4) is 0 Å². The Morgan fingerprint density at radius 2 is 1.76 bits per heavy atom. The van der Waals surface area contributed by atoms with E-state index < -0.39 is 5.97 Å². The van der Waals surface area contributed by atoms with E-state index in [0.29, 0.717) is 22.5 Å². The summed E-state index contributed by atoms with van der Waals surface area (Å²) in [5.74, 6) is -1.25. The molecule has 2 aromatic rings. The highest BCUT2D eigenvalue weighted by atomic mass is 16.4. The number of carbonyl (C=O) groups is 2. The molecule has 0 atom stereocenters. The number of aromatic carboxylic acids is 1. The maximum atomic E-state index is 12.1. The van der Waals surface area contributed by atoms with E-state index in [1.165, 1.54) is 6.07 Å². The number of anilines is 2. The summed E-state index contributed by atoms with van der Waals surface area (Å²) in [6, 6.07) is 9.72. The molecule has 0 saturated carbocycles. The first kappa shape index (κ1) is 14.6. The number of hydrogen-bond acceptors (Lipinski definition) is 3. The van der Waals surface area contributed by atoms with Crippen molar-refractivity contribution in [3.63, 3.8) is 0 Å². The third-order valence-electron chi connectivity index (χ3n) is 3.25. The maximum absolute atomic E-state index is 12.1. The highest BCUT2D eigenvalue weighted by Gasteiger charge is 2.10. The number of aryl methyl sites for hydroxylation is 2. The van der Waals surface area contributed by atoms with Crippen molar-refractivity contribution in [2.75, 3.05) is 11.1 Å². The Morgan fingerprint density at radius 3 is 2.33 bits per heavy atom. The van der Waals surface area contributed by atoms with Crippen molar-refractivity contribution in [3.8, 4) is 0 Å². The second-order valence-corrected chi connectivity index (χ2v) is 4.86. The molecule has 0 heterocycles. The molecule has 2 aromatic carbocycles. The molecular weight excluding hydrogens is 268 g/mol. The van der Waals surface area contributed by atoms with Crippen LogP contribution in [0.25, 0.3) is 0 Å². The number of rotatable bonds is 3. The van der Waals surface area contributed by atoms with Crippen LogP contribution in [0.4, 0.5) is 11.4 Å². The van der Waals surface area contributed by atoms with E-state index in [-0.39, 0.29) is 11.5 Å². The van der Waals surface area contributed by atoms with Gasteiger partial charge in [0.2, 0.25) is 0 Å². The van der Waals surface area contributed by atoms with E-state index >= 15 is 0 Å². The summed E-state index contributed by atoms with van der Waals surface area (Å²) < 4.78 is 0. The second-order valence-electron chi connectivity index (χ2n) is 4.86. The number of carbonyl (C=O) groups excluding carboxylic acids is 1. The van der Waals surface area contributed by atoms with E-state index in [0.717, 1.165) is 5.56 Å². The molecule has 5 nitrogen and oxygen atoms in total. The van der Waals surface area contributed by atoms with Gasteiger partial charge in [-0.2, -0.15) is 0 Å². The summed E-state index contributed by atoms with van der Waals surface area (Å²) in [5.41, 5.74) is 9.05. The SMILES string of the molecule is Cc1cc(C(=O)Nc2ccc(C(=O)O)c(C)c2)ccc1N. The van der Waals surface area contributed by atoms with Crippen molar-refractivity contribution in [2.24, 2.45) is 0 Å². The number of nitrogens with two attached hydrogens (primary N) is 1. The number of carboxylic acid groups (broad SMARTS) is 1. The molecule has 0 radical (unpaired) electrons. The van der Waals surface area contributed by atoms with Gasteiger partial charge in [-0.1, -0.05) is 0 Å². The molecule has 0 saturated heterocycles. The molecular formula is C16H16N2O3. The van der Waals surface area contributed by atoms with Crippen molar-refractivity contribution in [1.82, 2.24) is 0 Å². The Labute approximate surface area is 122 Å². The zero-order valence-electron chi connectivity index (χ0n) is 11.8. The third-order valence-corrected chi connectivity index (χ3v) is 3.25. The lowest BCUT2D eigenvalue weighted by atomic mass is 10.1. The highest BCUT2D eigenvalue weighted by Crippen LogP contribution is 2.18. The Hall–Kier alpha value is -2.82. The number of benzene rings is 2. The number of carboxylic acids is 1. The molecule has 108 valence electrons. The number of nitrogens with one attached hydrogen (secondary N) is 1. The average molecular weight is 284 g/mol. The molecule has 0 unspecified atom stereocenters. The lowest BCUT2D eigenvalue weighted by Crippen LogP contribution is -2.13. The van der Waals surface area contributed by atoms with Gasteiger partial charge in [-0.05, 0) is 61.4 Å². The number of amides is 1. The molecule has 4 N–H and O–H groups in total. The molecule has 0 aliphatic rings. The third kappa shape index (κ3) is 3.20. The zero-order chi connectivity index (χ0) is 15.6. The lowest BCUT2D eigenvalue weighted by molar-refractivity contribution is 0.0696. The Morgan fingerprint density at radius 1 is 1.05 bits per heavy atom. The molecule has 0 aliphatic carbocycles. The zero-order valence-corrected chi connectivity index (χ0v) is 11.8. The van der Waals surface area contributed by atoms with E-state index in [9.17, 15) is 9.59 Å². The Balaban J connectivity index is 2.21. The van der Waals surface area contributed by atoms with Crippen LogP contribution in [0.1, 0.15) is 31.8 Å². The van der Waals surface area contributed by atoms with Gasteiger partial charge in [0.05, 0.1) is 5.56 Å². The Bertz CT molecular complexity index is 723. The predicted octanol–water partition coefficient (Wildman–Crippen LogP) is 2.84. The largest absolute Gasteiger partial charge is 0.478 e. The van der Waals surface area contributed by atoms with Crippen LogP contribution in [-0.2, 0) is 0 Å². The highest BCUT2D eigenvalue weighted by molar-refractivity contribution is 6.05. The molecule has 0 aromatic heterocycles. The van der Waals surface area contributed by atoms with Crippen LogP contribution < -0.4 is 11.1 Å². The molecule has 0 fully saturated rings. The maximum Gasteiger partial charge on any atom is 0.335 e. The minimum Gasteiger partial charge on any atom is -0.478 e. The molecule has 2 rings (SSSR count). The predicted molar refractivity (Wildman–Crippen MR) is 81.7 cm³/mol. The molecule has 21 heavy (non-hydrogen) atoms. The fourth-order valence-corrected chi connectivity index (χ4v) is 2.00. The van der Waals surface area contributed by atoms with Crippen molar-refractivity contribution < 1.29 is 14.7 Å². The molecule has 0 aliphatic heterocycles. The van der Waals surface area contributed by atoms with Crippen LogP contribution in [0.5, 0.6) is 0 Å². The van der Waals surface area contributed by atoms with Crippen LogP contribution >= 0.6 is 0 Å². The average Bonchev–Trinajstić information content (AvgIpc) is 2.41. The molecule has 1 amide bonds. The minimum absolute atomic E-state index is 0.219. The van der Waals surface area contributed by atoms with E-state index in [1.807, 2.05) is 6.92 Å². The molecule has 0 spiro atoms. The van der Waals surface area contributed by atoms with Crippen molar-refractivity contribution in [2.45, 2.75) is 13.8 Å². The summed E-state index contributed by atoms with van der Waals surface area (Å²) in [6.07, 6.45) is 0. The monoisotopic (exact) mass is 284 g/mol. The van der Waals surface area contributed by atoms with Crippen LogP contribution in [0, 0.1) is 13.8 Å². The molecule has 5 heteroatoms. The van der Waals surface area contributed by atoms with Crippen molar-refractivity contribution in [3.05, 3.63) is 58.7 Å². The second kappa shape index (κ2) is 5.66. The lowest BCUT2D eigenvalue weighted by Gasteiger charge is -2.09. The van der Waals surface area contributed by atoms with Crippen LogP contribution in [0.2, 0.25) is 0 Å². The van der Waals surface area contributed by atoms with Gasteiger partial charge < -0.3 is 16.2 Å². The van der Waals surface area contributed by atoms with E-state index in [2.05, 4.69) is 5.32 Å². The fourth-order valence-electron chi connectivity index (χ4n) is 2.00. The summed E-state index contributed by atoms with van der Waals surface area (Å²) in [6.45, 7) is 3.52. The van der Waals surface area contributed by atoms with Gasteiger partial charge in [-0.3, -0.25) is 4.79 Å². The minimum atomic E-state index is -0.987. The number of hydrogen-bond donors (Lipinski definition) is 3. The van der Waals surface area contributed by atoms with Gasteiger partial charge in [-0.25, -0.2) is 4.79 Å². The van der Waals surface area contributed by atoms with Crippen molar-refractivity contribution >= 4 is 23.3 Å². The van der Waals surface area contributed by atoms with Gasteiger partial charge in [0.25, 0.3) is 5.91 Å². The summed E-state index contributed by atoms with van der Waals surface area (Å²) in [4.78, 5) is 23.1. The van der Waals surface area contributed by atoms with Crippen LogP contribution in [-0.4, -0.2) is 17.0 Å². The van der Waals surface area contributed by atoms with Gasteiger partial charge in [0.1, 0.15) is 0 Å². The normalized spacial score (nSPS) is 10.2. The quantitative estimate of drug-likeness (QED) is 0.756. The van der Waals surface area contributed by atoms with Gasteiger partial charge in [0, 0.05) is 16.9 Å². The standard InChI is InChI=1S/C16H16N2O3/c1-9-8-12(4-5-13(9)16(20)21)18-15(19)11-3-6-14(17)10(2)7-11/h3-8H,17H2,1-2H3,(H,18,19)(H,20,21). The first-order valence-corrected chi connectivity index (χ1v) is 6.40. The van der Waals surface area contributed by atoms with Crippen LogP contribution in [0.15, 0.2) is 36.4 Å². The summed E-state index contributed by atoms with van der Waals surface area (Å²) in [5, 5.41) is 11.7. The van der Waals surface area contributed by atoms with E-state index in [1.54, 1.807) is 37.3 Å². The van der Waals surface area contributed by atoms with Gasteiger partial charge in [0.15, 0.2) is 0 Å². The topological polar surface area (TPSA) is 92.4 Å². The Kier molecular flexibility index (Phi) is 3.93. The summed E-state index contributed by atoms with van der Waals surface area (Å²) in [7, 11) is 0. The molecule has 0 bridgehead atoms. The van der Waals surface area contributed by atoms with Gasteiger partial charge in [-0.15, -0.1) is 0 Å². The summed E-state index contributed by atoms with van der Waals surface area (Å²) >= 11 is 0. The van der Waals surface area contributed by atoms with E-state index in [4.69, 9.17) is 10.8 Å². The fraction of sp³-hybridized carbons (Fsp3) is 0.125. The first-order valence-electron chi connectivity index (χ1n) is 6.40. The first-order chi connectivity index (χ1) is 9.88. The van der Waals surface area contributed by atoms with Crippen molar-refractivity contribution in [1.29, 1.82) is 0 Å². The van der Waals surface area contributed by atoms with Gasteiger partial charge >= 0.3 is 5.97 Å².